The van der Waals surface area contributed by atoms with Gasteiger partial charge in [0.15, 0.2) is 7.14 Å². The first kappa shape index (κ1) is 73.0. The maximum atomic E-state index is 13.6. The Labute approximate surface area is 423 Å². The lowest BCUT2D eigenvalue weighted by Gasteiger charge is -2.57. The first-order chi connectivity index (χ1) is 33.5. The van der Waals surface area contributed by atoms with E-state index in [0.29, 0.717) is 0 Å². The molecule has 0 heterocycles. The number of rotatable bonds is 10. The molecule has 0 aliphatic carbocycles. The third-order valence-corrected chi connectivity index (χ3v) is 15.0. The van der Waals surface area contributed by atoms with Crippen molar-refractivity contribution in [2.45, 2.75) is 149 Å². The molecule has 456 valence electrons. The zero-order valence-electron chi connectivity index (χ0n) is 37.8. The summed E-state index contributed by atoms with van der Waals surface area (Å²) in [4.78, 5) is 0. The van der Waals surface area contributed by atoms with Crippen LogP contribution in [0.2, 0.25) is 0 Å². The standard InChI is InChI=1S/C20H26I.4C4F9O.Al/c1-19(2,3)15-7-11-17(12-8-15)21-18-13-9-16(10-14-18)20(4,5)6;4*5-2(6,7)1(14,3(8,9)10)4(11,12)13;/h7-14H,1-6H3;;;;;/q+1;4*-1;+3. The molecule has 0 fully saturated rings. The fraction of sp³-hybridized carbons (Fsp3) is 0.667. The van der Waals surface area contributed by atoms with E-state index in [-0.39, 0.29) is 32.0 Å². The third-order valence-electron chi connectivity index (χ3n) is 9.71. The smallest absolute Gasteiger partial charge is 0.562 e. The summed E-state index contributed by atoms with van der Waals surface area (Å²) < 4.78 is 496. The highest BCUT2D eigenvalue weighted by atomic mass is 127. The van der Waals surface area contributed by atoms with Crippen LogP contribution in [0, 0.1) is 7.14 Å². The first-order valence-corrected chi connectivity index (χ1v) is 23.1. The lowest BCUT2D eigenvalue weighted by atomic mass is 9.87. The van der Waals surface area contributed by atoms with E-state index in [1.54, 1.807) is 0 Å². The highest BCUT2D eigenvalue weighted by molar-refractivity contribution is 6.54. The van der Waals surface area contributed by atoms with Gasteiger partial charge >= 0.3 is 132 Å². The first-order valence-electron chi connectivity index (χ1n) is 19.1. The molecule has 0 atom stereocenters. The van der Waals surface area contributed by atoms with Crippen LogP contribution in [0.3, 0.4) is 0 Å². The van der Waals surface area contributed by atoms with E-state index in [1.165, 1.54) is 18.3 Å². The maximum Gasteiger partial charge on any atom is 0.879 e. The molecule has 0 N–H and O–H groups in total. The second-order valence-corrected chi connectivity index (χ2v) is 22.5. The van der Waals surface area contributed by atoms with Crippen LogP contribution in [-0.2, 0) is 26.0 Å². The van der Waals surface area contributed by atoms with Crippen molar-refractivity contribution in [3.8, 4) is 0 Å². The molecule has 0 saturated carbocycles. The minimum absolute atomic E-state index is 0.0703. The lowest BCUT2D eigenvalue weighted by Crippen LogP contribution is -3.61. The van der Waals surface area contributed by atoms with E-state index < -0.39 is 111 Å². The normalized spacial score (nSPS) is 15.8. The van der Waals surface area contributed by atoms with Crippen LogP contribution >= 0.6 is 0 Å². The van der Waals surface area contributed by atoms with Gasteiger partial charge in [-0.1, -0.05) is 65.8 Å². The summed E-state index contributed by atoms with van der Waals surface area (Å²) in [6.07, 6.45) is -116. The van der Waals surface area contributed by atoms with Crippen LogP contribution in [0.4, 0.5) is 158 Å². The highest BCUT2D eigenvalue weighted by Crippen LogP contribution is 2.66. The van der Waals surface area contributed by atoms with E-state index in [4.69, 9.17) is 0 Å². The minimum Gasteiger partial charge on any atom is -0.562 e. The Bertz CT molecular complexity index is 1870. The molecule has 78 heavy (non-hydrogen) atoms. The van der Waals surface area contributed by atoms with Gasteiger partial charge in [-0.2, -0.15) is 158 Å². The average molecular weight is 1360 g/mol. The molecule has 0 unspecified atom stereocenters. The number of alkyl halides is 36. The molecule has 2 rings (SSSR count). The summed E-state index contributed by atoms with van der Waals surface area (Å²) in [6.45, 7) is 13.6. The molecular formula is C36H26AlF36IO4. The maximum absolute atomic E-state index is 13.8. The van der Waals surface area contributed by atoms with Gasteiger partial charge in [-0.05, 0) is 46.2 Å². The van der Waals surface area contributed by atoms with Gasteiger partial charge in [0.05, 0.1) is 0 Å². The Morgan fingerprint density at radius 3 is 0.474 bits per heavy atom. The van der Waals surface area contributed by atoms with Crippen molar-refractivity contribution in [3.63, 3.8) is 0 Å². The van der Waals surface area contributed by atoms with Crippen LogP contribution in [0.15, 0.2) is 48.5 Å². The van der Waals surface area contributed by atoms with Crippen molar-refractivity contribution in [3.05, 3.63) is 66.8 Å². The monoisotopic (exact) mass is 1360 g/mol. The summed E-state index contributed by atoms with van der Waals surface area (Å²) in [5, 5.41) is 0. The van der Waals surface area contributed by atoms with Gasteiger partial charge in [-0.3, -0.25) is 0 Å². The van der Waals surface area contributed by atoms with Gasteiger partial charge in [0.1, 0.15) is 0 Å². The quantitative estimate of drug-likeness (QED) is 0.135. The van der Waals surface area contributed by atoms with Crippen molar-refractivity contribution in [1.82, 2.24) is 0 Å². The zero-order valence-corrected chi connectivity index (χ0v) is 41.1. The molecule has 2 aromatic carbocycles. The van der Waals surface area contributed by atoms with E-state index in [2.05, 4.69) is 90.1 Å². The largest absolute Gasteiger partial charge is 0.879 e. The molecule has 0 amide bonds. The van der Waals surface area contributed by atoms with Crippen LogP contribution < -0.4 is 21.2 Å². The van der Waals surface area contributed by atoms with Crippen molar-refractivity contribution in [2.24, 2.45) is 0 Å². The van der Waals surface area contributed by atoms with Crippen LogP contribution in [-0.4, -0.2) is 111 Å². The summed E-state index contributed by atoms with van der Waals surface area (Å²) in [5.74, 6) is 0. The second kappa shape index (κ2) is 21.3. The molecule has 0 bridgehead atoms. The van der Waals surface area contributed by atoms with Gasteiger partial charge in [-0.15, -0.1) is 0 Å². The summed E-state index contributed by atoms with van der Waals surface area (Å²) in [6, 6.07) is 18.4. The SMILES string of the molecule is CC(C)(C)c1ccc([I+]c2ccc(C(C)(C)C)cc2)cc1.FC(F)(F)C([O][Al-]([O]C(C(F)(F)F)(C(F)(F)F)C(F)(F)F)([O]C(C(F)(F)F)(C(F)(F)F)C(F)(F)F)[O]C(C(F)(F)F)(C(F)(F)F)C(F)(F)F)(C(F)(F)F)C(F)(F)F. The summed E-state index contributed by atoms with van der Waals surface area (Å²) >= 11 is -13.9. The number of benzene rings is 2. The van der Waals surface area contributed by atoms with Crippen molar-refractivity contribution in [1.29, 1.82) is 0 Å². The fourth-order valence-corrected chi connectivity index (χ4v) is 11.7. The van der Waals surface area contributed by atoms with Gasteiger partial charge in [0.2, 0.25) is 0 Å². The predicted molar refractivity (Wildman–Crippen MR) is 181 cm³/mol. The van der Waals surface area contributed by atoms with Gasteiger partial charge < -0.3 is 15.2 Å². The molecule has 4 nitrogen and oxygen atoms in total. The van der Waals surface area contributed by atoms with Crippen molar-refractivity contribution in [2.75, 3.05) is 0 Å². The molecule has 42 heteroatoms. The van der Waals surface area contributed by atoms with Crippen LogP contribution in [0.5, 0.6) is 0 Å². The Morgan fingerprint density at radius 1 is 0.244 bits per heavy atom. The lowest BCUT2D eigenvalue weighted by molar-refractivity contribution is -0.597. The van der Waals surface area contributed by atoms with E-state index in [0.717, 1.165) is 15.2 Å². The Morgan fingerprint density at radius 2 is 0.372 bits per heavy atom. The molecule has 0 spiro atoms. The topological polar surface area (TPSA) is 36.9 Å². The third kappa shape index (κ3) is 13.9. The number of halogens is 37. The van der Waals surface area contributed by atoms with E-state index in [9.17, 15) is 158 Å². The predicted octanol–water partition coefficient (Wildman–Crippen LogP) is 13.6. The average Bonchev–Trinajstić information content (AvgIpc) is 3.11. The zero-order chi connectivity index (χ0) is 63.0. The number of hydrogen-bond acceptors (Lipinski definition) is 4. The molecule has 0 aromatic heterocycles. The molecule has 0 radical (unpaired) electrons. The summed E-state index contributed by atoms with van der Waals surface area (Å²) in [7, 11) is 0. The second-order valence-electron chi connectivity index (χ2n) is 17.4. The highest BCUT2D eigenvalue weighted by Gasteiger charge is 2.96. The molecule has 2 aromatic rings. The minimum atomic E-state index is -13.8. The Hall–Kier alpha value is -2.98. The van der Waals surface area contributed by atoms with Gasteiger partial charge in [0.25, 0.3) is 0 Å². The van der Waals surface area contributed by atoms with Crippen molar-refractivity contribution >= 4 is 14.4 Å². The number of hydrogen-bond donors (Lipinski definition) is 0. The molecule has 0 aliphatic rings. The van der Waals surface area contributed by atoms with Crippen LogP contribution in [0.25, 0.3) is 0 Å². The van der Waals surface area contributed by atoms with Gasteiger partial charge in [-0.25, -0.2) is 0 Å². The van der Waals surface area contributed by atoms with Crippen molar-refractivity contribution < 1.29 is 194 Å². The Kier molecular flexibility index (Phi) is 20.0. The molecular weight excluding hydrogens is 1330 g/mol. The Balaban J connectivity index is 0.00000119. The van der Waals surface area contributed by atoms with Gasteiger partial charge in [0, 0.05) is 0 Å². The van der Waals surface area contributed by atoms with E-state index in [1.807, 2.05) is 0 Å². The molecule has 0 aliphatic heterocycles. The summed E-state index contributed by atoms with van der Waals surface area (Å²) in [5.41, 5.74) is -37.2. The fourth-order valence-electron chi connectivity index (χ4n) is 5.89. The van der Waals surface area contributed by atoms with Crippen LogP contribution in [0.1, 0.15) is 52.7 Å². The van der Waals surface area contributed by atoms with E-state index >= 15 is 0 Å². The molecule has 0 saturated heterocycles.